The Morgan fingerprint density at radius 1 is 0.333 bits per heavy atom. The van der Waals surface area contributed by atoms with E-state index in [1.807, 2.05) is 97.1 Å². The van der Waals surface area contributed by atoms with Gasteiger partial charge < -0.3 is 9.31 Å². The molecule has 0 amide bonds. The Morgan fingerprint density at radius 2 is 0.717 bits per heavy atom. The zero-order valence-corrected chi connectivity index (χ0v) is 31.2. The van der Waals surface area contributed by atoms with Gasteiger partial charge in [0.2, 0.25) is 0 Å². The Balaban J connectivity index is 1.45. The van der Waals surface area contributed by atoms with Crippen molar-refractivity contribution in [2.24, 2.45) is 0 Å². The molecule has 14 heteroatoms. The maximum atomic E-state index is 16.3. The molecule has 9 aromatic rings. The highest BCUT2D eigenvalue weighted by atomic mass is 31.2. The van der Waals surface area contributed by atoms with Crippen LogP contribution in [0.5, 0.6) is 11.5 Å². The van der Waals surface area contributed by atoms with Crippen LogP contribution in [0, 0.1) is 58.2 Å². The van der Waals surface area contributed by atoms with Gasteiger partial charge in [0.25, 0.3) is 0 Å². The summed E-state index contributed by atoms with van der Waals surface area (Å²) in [5.41, 5.74) is -4.19. The molecule has 1 aliphatic rings. The molecule has 2 nitrogen and oxygen atoms in total. The van der Waals surface area contributed by atoms with Crippen LogP contribution in [0.1, 0.15) is 0 Å². The van der Waals surface area contributed by atoms with Crippen molar-refractivity contribution in [3.05, 3.63) is 192 Å². The van der Waals surface area contributed by atoms with Gasteiger partial charge in [-0.2, -0.15) is 0 Å². The normalized spacial score (nSPS) is 13.6. The summed E-state index contributed by atoms with van der Waals surface area (Å²) < 4.78 is 168. The lowest BCUT2D eigenvalue weighted by atomic mass is 9.45. The maximum Gasteiger partial charge on any atom is 0.418 e. The first kappa shape index (κ1) is 37.7. The summed E-state index contributed by atoms with van der Waals surface area (Å²) in [5, 5.41) is 5.04. The summed E-state index contributed by atoms with van der Waals surface area (Å²) in [6, 6.07) is 39.8. The topological polar surface area (TPSA) is 18.5 Å². The first-order valence-corrected chi connectivity index (χ1v) is 20.1. The summed E-state index contributed by atoms with van der Waals surface area (Å²) in [7, 11) is -3.23. The first-order chi connectivity index (χ1) is 28.9. The number of fused-ring (bicyclic) bond motifs is 3. The maximum absolute atomic E-state index is 16.3. The number of hydrogen-bond donors (Lipinski definition) is 0. The number of hydrogen-bond acceptors (Lipinski definition) is 2. The van der Waals surface area contributed by atoms with E-state index >= 15 is 35.1 Å². The third kappa shape index (κ3) is 4.89. The summed E-state index contributed by atoms with van der Waals surface area (Å²) in [6.07, 6.45) is 0. The van der Waals surface area contributed by atoms with Gasteiger partial charge in [-0.3, -0.25) is 0 Å². The van der Waals surface area contributed by atoms with E-state index in [1.165, 1.54) is 6.07 Å². The van der Waals surface area contributed by atoms with Crippen LogP contribution in [-0.4, -0.2) is 6.55 Å². The molecular formula is C46H22BF10O2P. The van der Waals surface area contributed by atoms with E-state index in [1.54, 1.807) is 30.3 Å². The molecule has 0 spiro atoms. The molecule has 9 aromatic carbocycles. The molecule has 0 unspecified atom stereocenters. The summed E-state index contributed by atoms with van der Waals surface area (Å²) in [4.78, 5) is 0. The van der Waals surface area contributed by atoms with Crippen LogP contribution >= 0.6 is 7.26 Å². The summed E-state index contributed by atoms with van der Waals surface area (Å²) in [5.74, 6) is -27.3. The molecule has 0 aliphatic carbocycles. The number of rotatable bonds is 6. The standard InChI is InChI=1S/C46H22BF10O2P/c48-35-33(36(49)40(53)43(56)39(35)52)47(34-37(50)41(54)44(57)42(55)38(34)51)58-45-28-18-10-11-23-19-20-24-21-22-29(32(46(45)59-47)31(24)30(23)28)60(25-12-4-1-5-13-25,26-14-6-2-7-15-26)27-16-8-3-9-17-27/h1-22H. The third-order valence-corrected chi connectivity index (χ3v) is 15.6. The smallest absolute Gasteiger partial charge is 0.418 e. The van der Waals surface area contributed by atoms with Crippen LogP contribution < -0.4 is 41.5 Å². The fraction of sp³-hybridized carbons (Fsp3) is 0. The van der Waals surface area contributed by atoms with Crippen molar-refractivity contribution in [3.8, 4) is 11.5 Å². The van der Waals surface area contributed by atoms with E-state index in [4.69, 9.17) is 9.31 Å². The van der Waals surface area contributed by atoms with Gasteiger partial charge in [0, 0.05) is 16.2 Å². The molecule has 0 saturated carbocycles. The predicted octanol–water partition coefficient (Wildman–Crippen LogP) is 9.62. The van der Waals surface area contributed by atoms with Crippen LogP contribution in [0.2, 0.25) is 0 Å². The minimum absolute atomic E-state index is 0.0808. The SMILES string of the molecule is Fc1c(F)c(F)c([B-]2(c3c(F)c(F)c(F)c(F)c3F)Oc3c(c4c([P+](c5ccccc5)(c5ccccc5)c5ccccc5)ccc5ccc6cccc3c6c54)O2)c(F)c1F. The average molecular weight is 838 g/mol. The molecule has 1 aliphatic heterocycles. The summed E-state index contributed by atoms with van der Waals surface area (Å²) in [6.45, 7) is -5.12. The lowest BCUT2D eigenvalue weighted by Crippen LogP contribution is -2.70. The van der Waals surface area contributed by atoms with Crippen molar-refractivity contribution in [2.45, 2.75) is 0 Å². The minimum atomic E-state index is -5.12. The molecule has 296 valence electrons. The van der Waals surface area contributed by atoms with Crippen molar-refractivity contribution in [1.82, 2.24) is 0 Å². The molecule has 1 heterocycles. The van der Waals surface area contributed by atoms with Gasteiger partial charge in [-0.05, 0) is 64.2 Å². The molecule has 10 rings (SSSR count). The van der Waals surface area contributed by atoms with Crippen LogP contribution in [-0.2, 0) is 0 Å². The van der Waals surface area contributed by atoms with Crippen LogP contribution in [0.3, 0.4) is 0 Å². The van der Waals surface area contributed by atoms with E-state index in [9.17, 15) is 8.78 Å². The number of halogens is 10. The molecule has 0 bridgehead atoms. The number of benzene rings is 9. The van der Waals surface area contributed by atoms with Gasteiger partial charge in [0.05, 0.1) is 5.39 Å². The Kier molecular flexibility index (Phi) is 8.46. The Bertz CT molecular complexity index is 3000. The van der Waals surface area contributed by atoms with Gasteiger partial charge in [0.1, 0.15) is 63.2 Å². The van der Waals surface area contributed by atoms with Crippen LogP contribution in [0.15, 0.2) is 133 Å². The average Bonchev–Trinajstić information content (AvgIpc) is 3.68. The first-order valence-electron chi connectivity index (χ1n) is 18.3. The largest absolute Gasteiger partial charge is 0.673 e. The van der Waals surface area contributed by atoms with E-state index in [2.05, 4.69) is 0 Å². The fourth-order valence-corrected chi connectivity index (χ4v) is 13.2. The molecule has 0 radical (unpaired) electrons. The third-order valence-electron chi connectivity index (χ3n) is 11.3. The second-order valence-electron chi connectivity index (χ2n) is 14.3. The minimum Gasteiger partial charge on any atom is -0.673 e. The second kappa shape index (κ2) is 13.5. The molecule has 0 saturated heterocycles. The highest BCUT2D eigenvalue weighted by molar-refractivity contribution is 8.01. The molecule has 0 N–H and O–H groups in total. The van der Waals surface area contributed by atoms with Crippen molar-refractivity contribution >= 4 is 78.3 Å². The Hall–Kier alpha value is -6.59. The molecule has 0 fully saturated rings. The second-order valence-corrected chi connectivity index (χ2v) is 17.7. The van der Waals surface area contributed by atoms with Gasteiger partial charge in [-0.25, -0.2) is 43.9 Å². The van der Waals surface area contributed by atoms with Gasteiger partial charge in [-0.1, -0.05) is 91.0 Å². The molecule has 60 heavy (non-hydrogen) atoms. The molecular weight excluding hydrogens is 816 g/mol. The monoisotopic (exact) mass is 838 g/mol. The van der Waals surface area contributed by atoms with E-state index in [-0.39, 0.29) is 10.8 Å². The van der Waals surface area contributed by atoms with Crippen LogP contribution in [0.25, 0.3) is 32.3 Å². The fourth-order valence-electron chi connectivity index (χ4n) is 8.81. The van der Waals surface area contributed by atoms with E-state index in [0.717, 1.165) is 15.9 Å². The zero-order valence-electron chi connectivity index (χ0n) is 30.3. The van der Waals surface area contributed by atoms with Crippen molar-refractivity contribution < 1.29 is 53.2 Å². The quantitative estimate of drug-likeness (QED) is 0.0415. The lowest BCUT2D eigenvalue weighted by molar-refractivity contribution is 0.372. The zero-order chi connectivity index (χ0) is 41.8. The lowest BCUT2D eigenvalue weighted by Gasteiger charge is -2.38. The van der Waals surface area contributed by atoms with Crippen molar-refractivity contribution in [2.75, 3.05) is 0 Å². The van der Waals surface area contributed by atoms with E-state index < -0.39 is 94.4 Å². The van der Waals surface area contributed by atoms with Gasteiger partial charge in [-0.15, -0.1) is 0 Å². The predicted molar refractivity (Wildman–Crippen MR) is 214 cm³/mol. The Labute approximate surface area is 333 Å². The Morgan fingerprint density at radius 3 is 1.17 bits per heavy atom. The van der Waals surface area contributed by atoms with Gasteiger partial charge >= 0.3 is 6.55 Å². The summed E-state index contributed by atoms with van der Waals surface area (Å²) >= 11 is 0. The van der Waals surface area contributed by atoms with Crippen molar-refractivity contribution in [3.63, 3.8) is 0 Å². The molecule has 0 aromatic heterocycles. The highest BCUT2D eigenvalue weighted by Crippen LogP contribution is 2.60. The highest BCUT2D eigenvalue weighted by Gasteiger charge is 2.55. The van der Waals surface area contributed by atoms with Gasteiger partial charge in [0.15, 0.2) is 34.9 Å². The van der Waals surface area contributed by atoms with Crippen LogP contribution in [0.4, 0.5) is 43.9 Å². The molecule has 0 atom stereocenters. The van der Waals surface area contributed by atoms with Crippen molar-refractivity contribution in [1.29, 1.82) is 0 Å². The van der Waals surface area contributed by atoms with E-state index in [0.29, 0.717) is 26.8 Å².